The van der Waals surface area contributed by atoms with Crippen LogP contribution in [-0.2, 0) is 6.54 Å². The first-order valence-corrected chi connectivity index (χ1v) is 8.85. The van der Waals surface area contributed by atoms with Crippen LogP contribution in [0, 0.1) is 11.8 Å². The van der Waals surface area contributed by atoms with Crippen molar-refractivity contribution in [2.24, 2.45) is 11.8 Å². The van der Waals surface area contributed by atoms with Crippen LogP contribution < -0.4 is 0 Å². The molecule has 1 aliphatic rings. The second-order valence-corrected chi connectivity index (χ2v) is 6.87. The zero-order chi connectivity index (χ0) is 14.4. The minimum Gasteiger partial charge on any atom is -0.300 e. The lowest BCUT2D eigenvalue weighted by Crippen LogP contribution is -2.47. The Morgan fingerprint density at radius 2 is 1.60 bits per heavy atom. The fourth-order valence-electron chi connectivity index (χ4n) is 2.74. The van der Waals surface area contributed by atoms with Gasteiger partial charge in [0.2, 0.25) is 0 Å². The molecule has 1 aromatic rings. The van der Waals surface area contributed by atoms with Crippen molar-refractivity contribution in [1.29, 1.82) is 0 Å². The highest BCUT2D eigenvalue weighted by atomic mass is 79.9. The number of hydrogen-bond donors (Lipinski definition) is 0. The fourth-order valence-corrected chi connectivity index (χ4v) is 3.69. The highest BCUT2D eigenvalue weighted by Crippen LogP contribution is 2.17. The number of hydrogen-bond acceptors (Lipinski definition) is 2. The summed E-state index contributed by atoms with van der Waals surface area (Å²) in [6.07, 6.45) is 0. The fraction of sp³-hybridized carbons (Fsp3) is 0.647. The minimum absolute atomic E-state index is 0.761. The molecule has 1 saturated heterocycles. The molecule has 0 aliphatic carbocycles. The third-order valence-electron chi connectivity index (χ3n) is 4.35. The first-order chi connectivity index (χ1) is 9.69. The summed E-state index contributed by atoms with van der Waals surface area (Å²) in [5, 5.41) is 1.12. The summed E-state index contributed by atoms with van der Waals surface area (Å²) >= 11 is 3.66. The highest BCUT2D eigenvalue weighted by molar-refractivity contribution is 9.09. The number of piperazine rings is 1. The number of halogens is 1. The van der Waals surface area contributed by atoms with Gasteiger partial charge in [-0.1, -0.05) is 60.1 Å². The monoisotopic (exact) mass is 338 g/mol. The van der Waals surface area contributed by atoms with E-state index in [2.05, 4.69) is 69.9 Å². The number of nitrogens with zero attached hydrogens (tertiary/aromatic N) is 2. The Kier molecular flexibility index (Phi) is 6.53. The van der Waals surface area contributed by atoms with Crippen LogP contribution in [0.15, 0.2) is 30.3 Å². The molecule has 0 radical (unpaired) electrons. The van der Waals surface area contributed by atoms with Crippen LogP contribution in [-0.4, -0.2) is 47.9 Å². The van der Waals surface area contributed by atoms with Gasteiger partial charge in [-0.2, -0.15) is 0 Å². The van der Waals surface area contributed by atoms with E-state index in [9.17, 15) is 0 Å². The van der Waals surface area contributed by atoms with Crippen molar-refractivity contribution in [1.82, 2.24) is 9.80 Å². The maximum atomic E-state index is 3.66. The number of rotatable bonds is 6. The van der Waals surface area contributed by atoms with E-state index in [0.29, 0.717) is 0 Å². The molecule has 0 bridgehead atoms. The van der Waals surface area contributed by atoms with Gasteiger partial charge in [0.15, 0.2) is 0 Å². The maximum absolute atomic E-state index is 3.66. The quantitative estimate of drug-likeness (QED) is 0.733. The zero-order valence-corrected chi connectivity index (χ0v) is 14.3. The van der Waals surface area contributed by atoms with Crippen LogP contribution in [0.2, 0.25) is 0 Å². The second kappa shape index (κ2) is 8.16. The second-order valence-electron chi connectivity index (χ2n) is 6.22. The van der Waals surface area contributed by atoms with Crippen LogP contribution >= 0.6 is 15.9 Å². The van der Waals surface area contributed by atoms with Gasteiger partial charge >= 0.3 is 0 Å². The summed E-state index contributed by atoms with van der Waals surface area (Å²) in [4.78, 5) is 5.21. The Labute approximate surface area is 132 Å². The molecule has 0 amide bonds. The van der Waals surface area contributed by atoms with E-state index in [1.54, 1.807) is 0 Å². The molecule has 0 saturated carbocycles. The van der Waals surface area contributed by atoms with Crippen molar-refractivity contribution in [3.05, 3.63) is 35.9 Å². The summed E-state index contributed by atoms with van der Waals surface area (Å²) in [6.45, 7) is 11.8. The molecule has 0 N–H and O–H groups in total. The molecule has 20 heavy (non-hydrogen) atoms. The lowest BCUT2D eigenvalue weighted by atomic mass is 9.97. The lowest BCUT2D eigenvalue weighted by Gasteiger charge is -2.37. The van der Waals surface area contributed by atoms with Crippen molar-refractivity contribution in [3.63, 3.8) is 0 Å². The molecule has 2 nitrogen and oxygen atoms in total. The van der Waals surface area contributed by atoms with Gasteiger partial charge in [-0.05, 0) is 17.4 Å². The minimum atomic E-state index is 0.761. The Morgan fingerprint density at radius 3 is 2.15 bits per heavy atom. The van der Waals surface area contributed by atoms with Crippen LogP contribution in [0.3, 0.4) is 0 Å². The SMILES string of the molecule is CC(C)C(CBr)CN1CCN(Cc2ccccc2)CC1. The molecule has 1 heterocycles. The zero-order valence-electron chi connectivity index (χ0n) is 12.8. The average molecular weight is 339 g/mol. The van der Waals surface area contributed by atoms with Crippen molar-refractivity contribution in [3.8, 4) is 0 Å². The topological polar surface area (TPSA) is 6.48 Å². The third kappa shape index (κ3) is 4.87. The molecular weight excluding hydrogens is 312 g/mol. The van der Waals surface area contributed by atoms with Gasteiger partial charge < -0.3 is 4.90 Å². The molecule has 3 heteroatoms. The van der Waals surface area contributed by atoms with Gasteiger partial charge in [-0.15, -0.1) is 0 Å². The van der Waals surface area contributed by atoms with E-state index in [1.807, 2.05) is 0 Å². The van der Waals surface area contributed by atoms with Crippen molar-refractivity contribution < 1.29 is 0 Å². The van der Waals surface area contributed by atoms with E-state index in [-0.39, 0.29) is 0 Å². The van der Waals surface area contributed by atoms with E-state index in [1.165, 1.54) is 38.3 Å². The summed E-state index contributed by atoms with van der Waals surface area (Å²) in [5.74, 6) is 1.53. The predicted octanol–water partition coefficient (Wildman–Crippen LogP) is 3.47. The highest BCUT2D eigenvalue weighted by Gasteiger charge is 2.21. The summed E-state index contributed by atoms with van der Waals surface area (Å²) < 4.78 is 0. The molecule has 1 unspecified atom stereocenters. The average Bonchev–Trinajstić information content (AvgIpc) is 2.47. The summed E-state index contributed by atoms with van der Waals surface area (Å²) in [5.41, 5.74) is 1.43. The van der Waals surface area contributed by atoms with Crippen LogP contribution in [0.4, 0.5) is 0 Å². The number of benzene rings is 1. The van der Waals surface area contributed by atoms with Crippen molar-refractivity contribution >= 4 is 15.9 Å². The molecule has 0 aromatic heterocycles. The van der Waals surface area contributed by atoms with E-state index in [0.717, 1.165) is 23.7 Å². The number of alkyl halides is 1. The Morgan fingerprint density at radius 1 is 1.00 bits per heavy atom. The standard InChI is InChI=1S/C17H27BrN2/c1-15(2)17(12-18)14-20-10-8-19(9-11-20)13-16-6-4-3-5-7-16/h3-7,15,17H,8-14H2,1-2H3. The van der Waals surface area contributed by atoms with Gasteiger partial charge in [0, 0.05) is 44.6 Å². The van der Waals surface area contributed by atoms with Crippen LogP contribution in [0.25, 0.3) is 0 Å². The van der Waals surface area contributed by atoms with E-state index < -0.39 is 0 Å². The Hall–Kier alpha value is -0.380. The lowest BCUT2D eigenvalue weighted by molar-refractivity contribution is 0.109. The summed E-state index contributed by atoms with van der Waals surface area (Å²) in [7, 11) is 0. The van der Waals surface area contributed by atoms with Gasteiger partial charge in [-0.3, -0.25) is 4.90 Å². The molecule has 0 spiro atoms. The van der Waals surface area contributed by atoms with E-state index in [4.69, 9.17) is 0 Å². The maximum Gasteiger partial charge on any atom is 0.0234 e. The first kappa shape index (κ1) is 16.0. The van der Waals surface area contributed by atoms with Crippen molar-refractivity contribution in [2.45, 2.75) is 20.4 Å². The molecule has 1 atom stereocenters. The van der Waals surface area contributed by atoms with Crippen molar-refractivity contribution in [2.75, 3.05) is 38.1 Å². The normalized spacial score (nSPS) is 19.4. The molecule has 1 aromatic carbocycles. The smallest absolute Gasteiger partial charge is 0.0234 e. The molecule has 1 aliphatic heterocycles. The van der Waals surface area contributed by atoms with E-state index >= 15 is 0 Å². The van der Waals surface area contributed by atoms with Gasteiger partial charge in [0.05, 0.1) is 0 Å². The molecule has 112 valence electrons. The molecule has 2 rings (SSSR count). The third-order valence-corrected chi connectivity index (χ3v) is 5.18. The first-order valence-electron chi connectivity index (χ1n) is 7.73. The molecule has 1 fully saturated rings. The summed E-state index contributed by atoms with van der Waals surface area (Å²) in [6, 6.07) is 10.8. The Bertz CT molecular complexity index is 372. The Balaban J connectivity index is 1.75. The van der Waals surface area contributed by atoms with Crippen LogP contribution in [0.5, 0.6) is 0 Å². The van der Waals surface area contributed by atoms with Gasteiger partial charge in [0.25, 0.3) is 0 Å². The van der Waals surface area contributed by atoms with Gasteiger partial charge in [-0.25, -0.2) is 0 Å². The van der Waals surface area contributed by atoms with Gasteiger partial charge in [0.1, 0.15) is 0 Å². The predicted molar refractivity (Wildman–Crippen MR) is 90.3 cm³/mol. The molecular formula is C17H27BrN2. The van der Waals surface area contributed by atoms with Crippen LogP contribution in [0.1, 0.15) is 19.4 Å². The largest absolute Gasteiger partial charge is 0.300 e.